The lowest BCUT2D eigenvalue weighted by molar-refractivity contribution is -0.118. The van der Waals surface area contributed by atoms with Crippen LogP contribution >= 0.6 is 11.6 Å². The minimum Gasteiger partial charge on any atom is -0.505 e. The molecule has 0 saturated heterocycles. The van der Waals surface area contributed by atoms with E-state index in [1.807, 2.05) is 24.3 Å². The van der Waals surface area contributed by atoms with Crippen molar-refractivity contribution in [2.45, 2.75) is 65.2 Å². The van der Waals surface area contributed by atoms with Gasteiger partial charge in [-0.25, -0.2) is 0 Å². The minimum atomic E-state index is -0.366. The number of hydrogen-bond acceptors (Lipinski definition) is 3. The number of rotatable bonds is 8. The molecule has 3 rings (SSSR count). The number of anilines is 1. The van der Waals surface area contributed by atoms with Gasteiger partial charge in [-0.3, -0.25) is 4.79 Å². The maximum Gasteiger partial charge on any atom is 0.262 e. The molecule has 5 heteroatoms. The molecule has 0 aromatic heterocycles. The molecule has 0 saturated carbocycles. The van der Waals surface area contributed by atoms with Crippen LogP contribution in [-0.4, -0.2) is 17.6 Å². The van der Waals surface area contributed by atoms with Gasteiger partial charge in [0.25, 0.3) is 5.91 Å². The van der Waals surface area contributed by atoms with E-state index in [9.17, 15) is 9.90 Å². The van der Waals surface area contributed by atoms with E-state index in [4.69, 9.17) is 16.3 Å². The Balaban J connectivity index is 1.83. The van der Waals surface area contributed by atoms with Gasteiger partial charge >= 0.3 is 0 Å². The van der Waals surface area contributed by atoms with Gasteiger partial charge in [0.1, 0.15) is 11.5 Å². The van der Waals surface area contributed by atoms with E-state index in [0.29, 0.717) is 16.2 Å². The number of carbonyl (C=O) groups excluding carboxylic acids is 1. The summed E-state index contributed by atoms with van der Waals surface area (Å²) in [5.41, 5.74) is 2.57. The lowest BCUT2D eigenvalue weighted by atomic mass is 9.76. The summed E-state index contributed by atoms with van der Waals surface area (Å²) in [5, 5.41) is 15.1. The van der Waals surface area contributed by atoms with Crippen LogP contribution < -0.4 is 10.1 Å². The smallest absolute Gasteiger partial charge is 0.262 e. The van der Waals surface area contributed by atoms with Gasteiger partial charge in [0, 0.05) is 16.3 Å². The largest absolute Gasteiger partial charge is 0.505 e. The molecule has 33 heavy (non-hydrogen) atoms. The highest BCUT2D eigenvalue weighted by Gasteiger charge is 2.27. The van der Waals surface area contributed by atoms with Crippen LogP contribution in [0.3, 0.4) is 0 Å². The predicted octanol–water partition coefficient (Wildman–Crippen LogP) is 7.59. The van der Waals surface area contributed by atoms with Crippen molar-refractivity contribution in [1.29, 1.82) is 0 Å². The predicted molar refractivity (Wildman–Crippen MR) is 138 cm³/mol. The van der Waals surface area contributed by atoms with E-state index < -0.39 is 0 Å². The molecule has 0 fully saturated rings. The third kappa shape index (κ3) is 5.27. The number of halogens is 1. The van der Waals surface area contributed by atoms with Crippen molar-refractivity contribution >= 4 is 34.0 Å². The van der Waals surface area contributed by atoms with Crippen LogP contribution in [0.25, 0.3) is 10.8 Å². The fourth-order valence-electron chi connectivity index (χ4n) is 3.74. The van der Waals surface area contributed by atoms with Gasteiger partial charge in [0.15, 0.2) is 6.61 Å². The van der Waals surface area contributed by atoms with Crippen LogP contribution in [0.1, 0.15) is 65.5 Å². The molecule has 0 heterocycles. The molecule has 0 aliphatic rings. The number of aromatic hydroxyl groups is 1. The van der Waals surface area contributed by atoms with Gasteiger partial charge < -0.3 is 15.2 Å². The Morgan fingerprint density at radius 2 is 1.61 bits per heavy atom. The van der Waals surface area contributed by atoms with Crippen molar-refractivity contribution in [3.8, 4) is 11.5 Å². The monoisotopic (exact) mass is 467 g/mol. The Bertz CT molecular complexity index is 1170. The van der Waals surface area contributed by atoms with Gasteiger partial charge in [-0.05, 0) is 41.4 Å². The number of carbonyl (C=O) groups is 1. The molecule has 0 bridgehead atoms. The molecule has 0 aliphatic carbocycles. The number of benzene rings is 3. The first-order valence-electron chi connectivity index (χ1n) is 11.5. The molecule has 3 aromatic carbocycles. The molecular formula is C28H34ClNO3. The van der Waals surface area contributed by atoms with E-state index >= 15 is 0 Å². The van der Waals surface area contributed by atoms with Gasteiger partial charge in [-0.2, -0.15) is 0 Å². The average Bonchev–Trinajstić information content (AvgIpc) is 2.80. The van der Waals surface area contributed by atoms with E-state index in [-0.39, 0.29) is 34.8 Å². The summed E-state index contributed by atoms with van der Waals surface area (Å²) in [6, 6.07) is 15.1. The Morgan fingerprint density at radius 3 is 2.24 bits per heavy atom. The zero-order valence-corrected chi connectivity index (χ0v) is 21.1. The second-order valence-corrected chi connectivity index (χ2v) is 10.2. The minimum absolute atomic E-state index is 0.0118. The first-order valence-corrected chi connectivity index (χ1v) is 11.9. The first kappa shape index (κ1) is 24.9. The summed E-state index contributed by atoms with van der Waals surface area (Å²) in [4.78, 5) is 12.7. The Labute approximate surface area is 201 Å². The van der Waals surface area contributed by atoms with Crippen LogP contribution in [0, 0.1) is 0 Å². The average molecular weight is 468 g/mol. The Kier molecular flexibility index (Phi) is 7.28. The maximum absolute atomic E-state index is 12.7. The standard InChI is InChI=1S/C28H34ClNO3/c1-7-27(3,4)18-13-14-24(21(15-18)28(5,6)8-2)33-17-25(31)30-23-16-22(29)19-11-9-10-12-20(19)26(23)32/h9-16,32H,7-8,17H2,1-6H3,(H,30,31). The summed E-state index contributed by atoms with van der Waals surface area (Å²) in [6.45, 7) is 13.0. The molecule has 1 amide bonds. The third-order valence-corrected chi connectivity index (χ3v) is 7.17. The van der Waals surface area contributed by atoms with Crippen LogP contribution in [0.4, 0.5) is 5.69 Å². The van der Waals surface area contributed by atoms with Gasteiger partial charge in [-0.15, -0.1) is 0 Å². The molecular weight excluding hydrogens is 434 g/mol. The molecule has 0 radical (unpaired) electrons. The second-order valence-electron chi connectivity index (χ2n) is 9.82. The normalized spacial score (nSPS) is 12.1. The van der Waals surface area contributed by atoms with Crippen molar-refractivity contribution in [3.05, 3.63) is 64.7 Å². The number of phenols is 1. The maximum atomic E-state index is 12.7. The van der Waals surface area contributed by atoms with E-state index in [1.54, 1.807) is 12.1 Å². The molecule has 4 nitrogen and oxygen atoms in total. The number of hydrogen-bond donors (Lipinski definition) is 2. The SMILES string of the molecule is CCC(C)(C)c1ccc(OCC(=O)Nc2cc(Cl)c3ccccc3c2O)c(C(C)(C)CC)c1. The zero-order chi connectivity index (χ0) is 24.4. The Hall–Kier alpha value is -2.72. The van der Waals surface area contributed by atoms with Crippen molar-refractivity contribution in [2.75, 3.05) is 11.9 Å². The van der Waals surface area contributed by atoms with Crippen molar-refractivity contribution in [3.63, 3.8) is 0 Å². The summed E-state index contributed by atoms with van der Waals surface area (Å²) in [7, 11) is 0. The lowest BCUT2D eigenvalue weighted by Gasteiger charge is -2.30. The van der Waals surface area contributed by atoms with Crippen LogP contribution in [-0.2, 0) is 15.6 Å². The van der Waals surface area contributed by atoms with Crippen molar-refractivity contribution < 1.29 is 14.6 Å². The molecule has 0 atom stereocenters. The fraction of sp³-hybridized carbons (Fsp3) is 0.393. The van der Waals surface area contributed by atoms with E-state index in [0.717, 1.165) is 23.8 Å². The molecule has 2 N–H and O–H groups in total. The highest BCUT2D eigenvalue weighted by atomic mass is 35.5. The summed E-state index contributed by atoms with van der Waals surface area (Å²) in [6.07, 6.45) is 1.97. The summed E-state index contributed by atoms with van der Waals surface area (Å²) >= 11 is 6.35. The van der Waals surface area contributed by atoms with Gasteiger partial charge in [0.2, 0.25) is 0 Å². The molecule has 0 aliphatic heterocycles. The first-order chi connectivity index (χ1) is 15.5. The number of phenolic OH excluding ortho intramolecular Hbond substituents is 1. The highest BCUT2D eigenvalue weighted by molar-refractivity contribution is 6.36. The molecule has 0 spiro atoms. The van der Waals surface area contributed by atoms with E-state index in [2.05, 4.69) is 59.0 Å². The van der Waals surface area contributed by atoms with Crippen molar-refractivity contribution in [1.82, 2.24) is 0 Å². The molecule has 0 unspecified atom stereocenters. The lowest BCUT2D eigenvalue weighted by Crippen LogP contribution is -2.24. The summed E-state index contributed by atoms with van der Waals surface area (Å²) < 4.78 is 5.99. The fourth-order valence-corrected chi connectivity index (χ4v) is 4.01. The quantitative estimate of drug-likeness (QED) is 0.335. The summed E-state index contributed by atoms with van der Waals surface area (Å²) in [5.74, 6) is 0.325. The number of amides is 1. The number of ether oxygens (including phenoxy) is 1. The number of nitrogens with one attached hydrogen (secondary N) is 1. The van der Waals surface area contributed by atoms with Crippen molar-refractivity contribution in [2.24, 2.45) is 0 Å². The third-order valence-electron chi connectivity index (χ3n) is 6.86. The highest BCUT2D eigenvalue weighted by Crippen LogP contribution is 2.39. The van der Waals surface area contributed by atoms with Crippen LogP contribution in [0.5, 0.6) is 11.5 Å². The van der Waals surface area contributed by atoms with Gasteiger partial charge in [-0.1, -0.05) is 89.5 Å². The molecule has 3 aromatic rings. The van der Waals surface area contributed by atoms with Crippen LogP contribution in [0.15, 0.2) is 48.5 Å². The topological polar surface area (TPSA) is 58.6 Å². The Morgan fingerprint density at radius 1 is 0.970 bits per heavy atom. The van der Waals surface area contributed by atoms with E-state index in [1.165, 1.54) is 5.56 Å². The zero-order valence-electron chi connectivity index (χ0n) is 20.4. The number of fused-ring (bicyclic) bond motifs is 1. The molecule has 176 valence electrons. The van der Waals surface area contributed by atoms with Crippen LogP contribution in [0.2, 0.25) is 5.02 Å². The second kappa shape index (κ2) is 9.64. The van der Waals surface area contributed by atoms with Gasteiger partial charge in [0.05, 0.1) is 10.7 Å².